The third kappa shape index (κ3) is 4.03. The summed E-state index contributed by atoms with van der Waals surface area (Å²) in [5.74, 6) is -0.551. The lowest BCUT2D eigenvalue weighted by atomic mass is 9.85. The van der Waals surface area contributed by atoms with Crippen LogP contribution in [0, 0.1) is 12.8 Å². The molecule has 1 aromatic heterocycles. The maximum atomic E-state index is 12.2. The first-order chi connectivity index (χ1) is 11.4. The van der Waals surface area contributed by atoms with Crippen molar-refractivity contribution in [2.75, 3.05) is 13.1 Å². The Balaban J connectivity index is 1.52. The summed E-state index contributed by atoms with van der Waals surface area (Å²) in [5.41, 5.74) is 0.537. The normalized spacial score (nSPS) is 22.9. The maximum absolute atomic E-state index is 12.2. The smallest absolute Gasteiger partial charge is 0.317 e. The van der Waals surface area contributed by atoms with Gasteiger partial charge in [0.2, 0.25) is 0 Å². The Morgan fingerprint density at radius 3 is 2.67 bits per heavy atom. The van der Waals surface area contributed by atoms with Gasteiger partial charge in [-0.1, -0.05) is 0 Å². The van der Waals surface area contributed by atoms with Crippen molar-refractivity contribution < 1.29 is 14.7 Å². The van der Waals surface area contributed by atoms with Crippen LogP contribution < -0.4 is 10.7 Å². The van der Waals surface area contributed by atoms with Crippen molar-refractivity contribution in [1.82, 2.24) is 15.2 Å². The Morgan fingerprint density at radius 1 is 1.38 bits per heavy atom. The number of aryl methyl sites for hydroxylation is 1. The SMILES string of the molecule is Cc1cc(=O)c(C(=O)NC2CC(N(CC(=O)O)CC3CC3)C2)c[nH]1. The van der Waals surface area contributed by atoms with Gasteiger partial charge < -0.3 is 15.4 Å². The van der Waals surface area contributed by atoms with Gasteiger partial charge >= 0.3 is 5.97 Å². The number of carbonyl (C=O) groups is 2. The summed E-state index contributed by atoms with van der Waals surface area (Å²) in [4.78, 5) is 39.9. The fraction of sp³-hybridized carbons (Fsp3) is 0.588. The molecule has 3 rings (SSSR count). The number of rotatable bonds is 7. The first-order valence-electron chi connectivity index (χ1n) is 8.38. The van der Waals surface area contributed by atoms with E-state index in [9.17, 15) is 14.4 Å². The van der Waals surface area contributed by atoms with Crippen LogP contribution in [0.2, 0.25) is 0 Å². The van der Waals surface area contributed by atoms with E-state index < -0.39 is 5.97 Å². The van der Waals surface area contributed by atoms with Gasteiger partial charge in [0.25, 0.3) is 5.91 Å². The number of hydrogen-bond acceptors (Lipinski definition) is 4. The van der Waals surface area contributed by atoms with Gasteiger partial charge in [-0.2, -0.15) is 0 Å². The molecule has 130 valence electrons. The van der Waals surface area contributed by atoms with Crippen molar-refractivity contribution in [2.24, 2.45) is 5.92 Å². The molecule has 7 nitrogen and oxygen atoms in total. The van der Waals surface area contributed by atoms with E-state index in [0.29, 0.717) is 11.6 Å². The lowest BCUT2D eigenvalue weighted by molar-refractivity contribution is -0.139. The summed E-state index contributed by atoms with van der Waals surface area (Å²) in [7, 11) is 0. The third-order valence-electron chi connectivity index (χ3n) is 4.79. The van der Waals surface area contributed by atoms with Gasteiger partial charge in [0, 0.05) is 36.6 Å². The molecule has 0 aliphatic heterocycles. The van der Waals surface area contributed by atoms with E-state index in [4.69, 9.17) is 5.11 Å². The van der Waals surface area contributed by atoms with E-state index in [-0.39, 0.29) is 35.5 Å². The van der Waals surface area contributed by atoms with Crippen molar-refractivity contribution in [1.29, 1.82) is 0 Å². The number of aliphatic carboxylic acids is 1. The van der Waals surface area contributed by atoms with Crippen LogP contribution in [0.4, 0.5) is 0 Å². The predicted molar refractivity (Wildman–Crippen MR) is 88.0 cm³/mol. The lowest BCUT2D eigenvalue weighted by Gasteiger charge is -2.42. The molecular weight excluding hydrogens is 310 g/mol. The quantitative estimate of drug-likeness (QED) is 0.683. The van der Waals surface area contributed by atoms with E-state index >= 15 is 0 Å². The number of carboxylic acid groups (broad SMARTS) is 1. The maximum Gasteiger partial charge on any atom is 0.317 e. The van der Waals surface area contributed by atoms with Crippen LogP contribution in [0.25, 0.3) is 0 Å². The zero-order valence-electron chi connectivity index (χ0n) is 13.7. The lowest BCUT2D eigenvalue weighted by Crippen LogP contribution is -2.55. The molecule has 0 aromatic carbocycles. The second kappa shape index (κ2) is 6.76. The number of pyridine rings is 1. The summed E-state index contributed by atoms with van der Waals surface area (Å²) >= 11 is 0. The summed E-state index contributed by atoms with van der Waals surface area (Å²) in [6.07, 6.45) is 5.26. The standard InChI is InChI=1S/C17H23N3O4/c1-10-4-15(21)14(7-18-10)17(24)19-12-5-13(6-12)20(9-16(22)23)8-11-2-3-11/h4,7,11-13H,2-3,5-6,8-9H2,1H3,(H,18,21)(H,19,24)(H,22,23). The Kier molecular flexibility index (Phi) is 4.71. The average Bonchev–Trinajstić information content (AvgIpc) is 3.24. The van der Waals surface area contributed by atoms with E-state index in [1.165, 1.54) is 25.1 Å². The minimum atomic E-state index is -0.811. The minimum Gasteiger partial charge on any atom is -0.480 e. The molecule has 0 atom stereocenters. The highest BCUT2D eigenvalue weighted by atomic mass is 16.4. The number of H-pyrrole nitrogens is 1. The van der Waals surface area contributed by atoms with Crippen molar-refractivity contribution in [3.63, 3.8) is 0 Å². The molecule has 0 saturated heterocycles. The van der Waals surface area contributed by atoms with Gasteiger partial charge in [-0.25, -0.2) is 0 Å². The zero-order valence-corrected chi connectivity index (χ0v) is 13.7. The number of aromatic nitrogens is 1. The Bertz CT molecular complexity index is 689. The summed E-state index contributed by atoms with van der Waals surface area (Å²) in [5, 5.41) is 11.9. The van der Waals surface area contributed by atoms with Crippen LogP contribution in [-0.2, 0) is 4.79 Å². The predicted octanol–water partition coefficient (Wildman–Crippen LogP) is 0.741. The Hall–Kier alpha value is -2.15. The molecule has 1 heterocycles. The molecule has 0 bridgehead atoms. The molecule has 1 amide bonds. The number of amides is 1. The van der Waals surface area contributed by atoms with Crippen LogP contribution in [0.15, 0.2) is 17.1 Å². The minimum absolute atomic E-state index is 0.00120. The van der Waals surface area contributed by atoms with Crippen molar-refractivity contribution in [2.45, 2.75) is 44.7 Å². The third-order valence-corrected chi connectivity index (χ3v) is 4.79. The Morgan fingerprint density at radius 2 is 2.08 bits per heavy atom. The number of nitrogens with one attached hydrogen (secondary N) is 2. The van der Waals surface area contributed by atoms with Gasteiger partial charge in [-0.05, 0) is 38.5 Å². The second-order valence-corrected chi connectivity index (χ2v) is 6.96. The molecule has 0 unspecified atom stereocenters. The van der Waals surface area contributed by atoms with Crippen LogP contribution in [0.5, 0.6) is 0 Å². The van der Waals surface area contributed by atoms with E-state index in [2.05, 4.69) is 10.3 Å². The molecule has 7 heteroatoms. The largest absolute Gasteiger partial charge is 0.480 e. The van der Waals surface area contributed by atoms with Gasteiger partial charge in [-0.3, -0.25) is 19.3 Å². The van der Waals surface area contributed by atoms with E-state index in [0.717, 1.165) is 19.4 Å². The molecule has 0 radical (unpaired) electrons. The molecule has 24 heavy (non-hydrogen) atoms. The van der Waals surface area contributed by atoms with E-state index in [1.807, 2.05) is 4.90 Å². The first-order valence-corrected chi connectivity index (χ1v) is 8.38. The fourth-order valence-electron chi connectivity index (χ4n) is 3.17. The number of aromatic amines is 1. The summed E-state index contributed by atoms with van der Waals surface area (Å²) < 4.78 is 0. The summed E-state index contributed by atoms with van der Waals surface area (Å²) in [6.45, 7) is 2.64. The van der Waals surface area contributed by atoms with Gasteiger partial charge in [-0.15, -0.1) is 0 Å². The number of carbonyl (C=O) groups excluding carboxylic acids is 1. The van der Waals surface area contributed by atoms with Crippen LogP contribution in [0.3, 0.4) is 0 Å². The molecule has 2 aliphatic rings. The average molecular weight is 333 g/mol. The number of nitrogens with zero attached hydrogens (tertiary/aromatic N) is 1. The fourth-order valence-corrected chi connectivity index (χ4v) is 3.17. The highest BCUT2D eigenvalue weighted by molar-refractivity contribution is 5.94. The first kappa shape index (κ1) is 16.7. The second-order valence-electron chi connectivity index (χ2n) is 6.96. The molecule has 2 aliphatic carbocycles. The molecule has 1 aromatic rings. The van der Waals surface area contributed by atoms with Gasteiger partial charge in [0.1, 0.15) is 5.56 Å². The van der Waals surface area contributed by atoms with Crippen molar-refractivity contribution >= 4 is 11.9 Å². The van der Waals surface area contributed by atoms with Crippen LogP contribution >= 0.6 is 0 Å². The molecule has 2 saturated carbocycles. The Labute approximate surface area is 140 Å². The molecule has 2 fully saturated rings. The monoisotopic (exact) mass is 333 g/mol. The zero-order chi connectivity index (χ0) is 17.3. The highest BCUT2D eigenvalue weighted by Gasteiger charge is 2.37. The van der Waals surface area contributed by atoms with Gasteiger partial charge in [0.15, 0.2) is 5.43 Å². The highest BCUT2D eigenvalue weighted by Crippen LogP contribution is 2.33. The van der Waals surface area contributed by atoms with Crippen molar-refractivity contribution in [3.05, 3.63) is 33.7 Å². The van der Waals surface area contributed by atoms with Crippen LogP contribution in [0.1, 0.15) is 41.7 Å². The van der Waals surface area contributed by atoms with Crippen molar-refractivity contribution in [3.8, 4) is 0 Å². The van der Waals surface area contributed by atoms with Gasteiger partial charge in [0.05, 0.1) is 6.54 Å². The number of carboxylic acids is 1. The topological polar surface area (TPSA) is 102 Å². The molecular formula is C17H23N3O4. The molecule has 0 spiro atoms. The van der Waals surface area contributed by atoms with Crippen LogP contribution in [-0.4, -0.2) is 52.0 Å². The summed E-state index contributed by atoms with van der Waals surface area (Å²) in [6, 6.07) is 1.60. The van der Waals surface area contributed by atoms with E-state index in [1.54, 1.807) is 6.92 Å². The molecule has 3 N–H and O–H groups in total. The number of hydrogen-bond donors (Lipinski definition) is 3.